The van der Waals surface area contributed by atoms with Crippen LogP contribution in [0.25, 0.3) is 0 Å². The lowest BCUT2D eigenvalue weighted by Gasteiger charge is -2.28. The van der Waals surface area contributed by atoms with E-state index in [2.05, 4.69) is 41.9 Å². The van der Waals surface area contributed by atoms with Gasteiger partial charge in [-0.15, -0.1) is 0 Å². The third-order valence-electron chi connectivity index (χ3n) is 3.65. The van der Waals surface area contributed by atoms with Crippen LogP contribution in [0.15, 0.2) is 12.1 Å². The lowest BCUT2D eigenvalue weighted by molar-refractivity contribution is 0.295. The molecule has 16 heavy (non-hydrogen) atoms. The number of rotatable bonds is 3. The van der Waals surface area contributed by atoms with Crippen molar-refractivity contribution in [2.75, 3.05) is 0 Å². The molecular formula is C14H18BrCl. The van der Waals surface area contributed by atoms with Gasteiger partial charge in [0.05, 0.1) is 0 Å². The van der Waals surface area contributed by atoms with Gasteiger partial charge in [0.1, 0.15) is 0 Å². The Hall–Kier alpha value is -0.0100. The number of hydrogen-bond acceptors (Lipinski definition) is 0. The van der Waals surface area contributed by atoms with Crippen LogP contribution in [0.1, 0.15) is 47.2 Å². The molecule has 0 spiro atoms. The highest BCUT2D eigenvalue weighted by Crippen LogP contribution is 2.40. The first-order valence-electron chi connectivity index (χ1n) is 5.98. The van der Waals surface area contributed by atoms with E-state index in [9.17, 15) is 0 Å². The van der Waals surface area contributed by atoms with Gasteiger partial charge in [0.25, 0.3) is 0 Å². The Labute approximate surface area is 112 Å². The van der Waals surface area contributed by atoms with Crippen molar-refractivity contribution >= 4 is 27.5 Å². The summed E-state index contributed by atoms with van der Waals surface area (Å²) >= 11 is 9.95. The van der Waals surface area contributed by atoms with Gasteiger partial charge in [-0.05, 0) is 48.9 Å². The zero-order chi connectivity index (χ0) is 11.7. The van der Waals surface area contributed by atoms with Crippen molar-refractivity contribution in [3.05, 3.63) is 33.8 Å². The number of halogens is 2. The largest absolute Gasteiger partial charge is 0.0840 e. The van der Waals surface area contributed by atoms with Gasteiger partial charge in [0.2, 0.25) is 0 Å². The quantitative estimate of drug-likeness (QED) is 0.639. The molecule has 1 aliphatic rings. The average molecular weight is 302 g/mol. The van der Waals surface area contributed by atoms with E-state index in [4.69, 9.17) is 11.6 Å². The summed E-state index contributed by atoms with van der Waals surface area (Å²) in [5, 5.41) is 0.879. The molecule has 2 rings (SSSR count). The van der Waals surface area contributed by atoms with Gasteiger partial charge in [-0.25, -0.2) is 0 Å². The van der Waals surface area contributed by atoms with E-state index >= 15 is 0 Å². The molecule has 0 aliphatic heterocycles. The van der Waals surface area contributed by atoms with Crippen LogP contribution in [0.3, 0.4) is 0 Å². The molecule has 1 aromatic rings. The maximum Gasteiger partial charge on any atom is 0.0438 e. The fourth-order valence-electron chi connectivity index (χ4n) is 2.29. The highest BCUT2D eigenvalue weighted by molar-refractivity contribution is 9.09. The molecule has 88 valence electrons. The van der Waals surface area contributed by atoms with Gasteiger partial charge >= 0.3 is 0 Å². The predicted octanol–water partition coefficient (Wildman–Crippen LogP) is 5.58. The van der Waals surface area contributed by atoms with Crippen molar-refractivity contribution in [3.8, 4) is 0 Å². The zero-order valence-electron chi connectivity index (χ0n) is 9.89. The van der Waals surface area contributed by atoms with E-state index in [1.54, 1.807) is 0 Å². The number of benzene rings is 1. The van der Waals surface area contributed by atoms with E-state index in [1.165, 1.54) is 42.4 Å². The Kier molecular flexibility index (Phi) is 3.97. The molecule has 1 aliphatic carbocycles. The van der Waals surface area contributed by atoms with Crippen LogP contribution < -0.4 is 0 Å². The molecule has 1 unspecified atom stereocenters. The van der Waals surface area contributed by atoms with Crippen LogP contribution in [-0.4, -0.2) is 0 Å². The Morgan fingerprint density at radius 2 is 2.00 bits per heavy atom. The van der Waals surface area contributed by atoms with Crippen molar-refractivity contribution in [1.29, 1.82) is 0 Å². The first kappa shape index (κ1) is 12.4. The third-order valence-corrected chi connectivity index (χ3v) is 4.92. The summed E-state index contributed by atoms with van der Waals surface area (Å²) in [6, 6.07) is 4.32. The van der Waals surface area contributed by atoms with Gasteiger partial charge in [0.15, 0.2) is 0 Å². The maximum absolute atomic E-state index is 6.12. The average Bonchev–Trinajstić information content (AvgIpc) is 2.17. The summed E-state index contributed by atoms with van der Waals surface area (Å²) in [5.41, 5.74) is 3.89. The van der Waals surface area contributed by atoms with Crippen molar-refractivity contribution in [3.63, 3.8) is 0 Å². The second-order valence-electron chi connectivity index (χ2n) is 4.96. The van der Waals surface area contributed by atoms with E-state index in [0.29, 0.717) is 4.83 Å². The summed E-state index contributed by atoms with van der Waals surface area (Å²) in [5.74, 6) is 0.930. The van der Waals surface area contributed by atoms with E-state index < -0.39 is 0 Å². The maximum atomic E-state index is 6.12. The normalized spacial score (nSPS) is 18.2. The summed E-state index contributed by atoms with van der Waals surface area (Å²) in [6.45, 7) is 4.23. The Bertz CT molecular complexity index is 383. The number of hydrogen-bond donors (Lipinski definition) is 0. The Morgan fingerprint density at radius 1 is 1.31 bits per heavy atom. The summed E-state index contributed by atoms with van der Waals surface area (Å²) in [4.78, 5) is 0.494. The molecule has 1 fully saturated rings. The second-order valence-corrected chi connectivity index (χ2v) is 6.47. The minimum atomic E-state index is 0.494. The fraction of sp³-hybridized carbons (Fsp3) is 0.571. The molecule has 0 heterocycles. The van der Waals surface area contributed by atoms with E-state index in [1.807, 2.05) is 0 Å². The summed E-state index contributed by atoms with van der Waals surface area (Å²) in [7, 11) is 0. The molecule has 0 amide bonds. The monoisotopic (exact) mass is 300 g/mol. The lowest BCUT2D eigenvalue weighted by atomic mass is 9.81. The lowest BCUT2D eigenvalue weighted by Crippen LogP contribution is -2.13. The number of aryl methyl sites for hydroxylation is 2. The van der Waals surface area contributed by atoms with Gasteiger partial charge in [0, 0.05) is 9.85 Å². The molecule has 2 heteroatoms. The minimum Gasteiger partial charge on any atom is -0.0840 e. The second kappa shape index (κ2) is 5.10. The summed E-state index contributed by atoms with van der Waals surface area (Å²) in [6.07, 6.45) is 5.51. The van der Waals surface area contributed by atoms with Gasteiger partial charge in [-0.2, -0.15) is 0 Å². The SMILES string of the molecule is Cc1cc(C(Br)CC2CCC2)c(C)cc1Cl. The van der Waals surface area contributed by atoms with Crippen LogP contribution in [0.5, 0.6) is 0 Å². The van der Waals surface area contributed by atoms with Crippen LogP contribution in [0.2, 0.25) is 5.02 Å². The first-order chi connectivity index (χ1) is 7.58. The standard InChI is InChI=1S/C14H18BrCl/c1-9-7-14(16)10(2)6-12(9)13(15)8-11-4-3-5-11/h6-7,11,13H,3-5,8H2,1-2H3. The van der Waals surface area contributed by atoms with Crippen LogP contribution in [0, 0.1) is 19.8 Å². The highest BCUT2D eigenvalue weighted by Gasteiger charge is 2.22. The topological polar surface area (TPSA) is 0 Å². The molecule has 0 bridgehead atoms. The molecule has 0 nitrogen and oxygen atoms in total. The van der Waals surface area contributed by atoms with E-state index in [-0.39, 0.29) is 0 Å². The first-order valence-corrected chi connectivity index (χ1v) is 7.28. The van der Waals surface area contributed by atoms with Gasteiger partial charge in [-0.3, -0.25) is 0 Å². The Balaban J connectivity index is 2.14. The molecule has 0 saturated heterocycles. The number of alkyl halides is 1. The van der Waals surface area contributed by atoms with E-state index in [0.717, 1.165) is 10.9 Å². The van der Waals surface area contributed by atoms with Crippen LogP contribution >= 0.6 is 27.5 Å². The molecule has 0 radical (unpaired) electrons. The fourth-order valence-corrected chi connectivity index (χ4v) is 3.53. The van der Waals surface area contributed by atoms with Crippen LogP contribution in [0.4, 0.5) is 0 Å². The molecular weight excluding hydrogens is 284 g/mol. The third kappa shape index (κ3) is 2.62. The smallest absolute Gasteiger partial charge is 0.0438 e. The molecule has 1 aromatic carbocycles. The van der Waals surface area contributed by atoms with Gasteiger partial charge < -0.3 is 0 Å². The Morgan fingerprint density at radius 3 is 2.56 bits per heavy atom. The van der Waals surface area contributed by atoms with Gasteiger partial charge in [-0.1, -0.05) is 52.9 Å². The van der Waals surface area contributed by atoms with Crippen molar-refractivity contribution in [1.82, 2.24) is 0 Å². The van der Waals surface area contributed by atoms with Crippen LogP contribution in [-0.2, 0) is 0 Å². The zero-order valence-corrected chi connectivity index (χ0v) is 12.2. The minimum absolute atomic E-state index is 0.494. The molecule has 0 aromatic heterocycles. The van der Waals surface area contributed by atoms with Crippen molar-refractivity contribution in [2.45, 2.75) is 44.4 Å². The predicted molar refractivity (Wildman–Crippen MR) is 74.6 cm³/mol. The summed E-state index contributed by atoms with van der Waals surface area (Å²) < 4.78 is 0. The molecule has 1 atom stereocenters. The molecule has 0 N–H and O–H groups in total. The van der Waals surface area contributed by atoms with Crippen molar-refractivity contribution in [2.24, 2.45) is 5.92 Å². The molecule has 1 saturated carbocycles. The van der Waals surface area contributed by atoms with Crippen molar-refractivity contribution < 1.29 is 0 Å². The highest BCUT2D eigenvalue weighted by atomic mass is 79.9.